The molecule has 0 aliphatic rings. The Morgan fingerprint density at radius 2 is 1.60 bits per heavy atom. The van der Waals surface area contributed by atoms with E-state index in [1.165, 1.54) is 30.0 Å². The number of ether oxygens (including phenoxy) is 2. The number of rotatable bonds is 9. The summed E-state index contributed by atoms with van der Waals surface area (Å²) in [4.78, 5) is 28.5. The number of nitriles is 1. The monoisotopic (exact) mass is 554 g/mol. The van der Waals surface area contributed by atoms with E-state index in [1.807, 2.05) is 54.6 Å². The lowest BCUT2D eigenvalue weighted by molar-refractivity contribution is -0.384. The van der Waals surface area contributed by atoms with Gasteiger partial charge in [-0.15, -0.1) is 0 Å². The normalized spacial score (nSPS) is 11.3. The first kappa shape index (κ1) is 28.1. The van der Waals surface area contributed by atoms with E-state index in [0.717, 1.165) is 11.1 Å². The number of nitrogens with one attached hydrogen (secondary N) is 1. The molecule has 9 nitrogen and oxygen atoms in total. The SMILES string of the molecule is COc1ccc(-c2cc(-c3ccc(OC)cc3)c(C#N)c(SC(C)C(=O)Nc3ccc([N+](=O)[O-])cc3C)n2)cc1. The Labute approximate surface area is 235 Å². The van der Waals surface area contributed by atoms with Crippen molar-refractivity contribution in [2.75, 3.05) is 19.5 Å². The highest BCUT2D eigenvalue weighted by Crippen LogP contribution is 2.37. The molecule has 0 radical (unpaired) electrons. The van der Waals surface area contributed by atoms with Crippen LogP contribution in [0.25, 0.3) is 22.4 Å². The van der Waals surface area contributed by atoms with E-state index in [4.69, 9.17) is 14.5 Å². The predicted molar refractivity (Wildman–Crippen MR) is 155 cm³/mol. The number of hydrogen-bond donors (Lipinski definition) is 1. The molecule has 1 amide bonds. The van der Waals surface area contributed by atoms with Gasteiger partial charge in [-0.3, -0.25) is 14.9 Å². The molecule has 40 heavy (non-hydrogen) atoms. The van der Waals surface area contributed by atoms with Gasteiger partial charge in [-0.25, -0.2) is 4.98 Å². The number of non-ortho nitro benzene ring substituents is 1. The third-order valence-corrected chi connectivity index (χ3v) is 7.31. The summed E-state index contributed by atoms with van der Waals surface area (Å²) >= 11 is 1.17. The molecule has 202 valence electrons. The van der Waals surface area contributed by atoms with Crippen LogP contribution in [0, 0.1) is 28.4 Å². The molecule has 1 N–H and O–H groups in total. The first-order chi connectivity index (χ1) is 19.2. The van der Waals surface area contributed by atoms with E-state index in [1.54, 1.807) is 28.1 Å². The topological polar surface area (TPSA) is 127 Å². The molecule has 1 atom stereocenters. The fourth-order valence-corrected chi connectivity index (χ4v) is 4.91. The van der Waals surface area contributed by atoms with Crippen LogP contribution in [0.1, 0.15) is 18.1 Å². The second kappa shape index (κ2) is 12.3. The Bertz CT molecular complexity index is 1600. The zero-order valence-electron chi connectivity index (χ0n) is 22.3. The average Bonchev–Trinajstić information content (AvgIpc) is 2.97. The van der Waals surface area contributed by atoms with Crippen LogP contribution in [0.2, 0.25) is 0 Å². The maximum Gasteiger partial charge on any atom is 0.269 e. The molecule has 0 bridgehead atoms. The van der Waals surface area contributed by atoms with E-state index in [2.05, 4.69) is 11.4 Å². The molecule has 0 aliphatic heterocycles. The van der Waals surface area contributed by atoms with Crippen molar-refractivity contribution in [2.45, 2.75) is 24.1 Å². The number of thioether (sulfide) groups is 1. The van der Waals surface area contributed by atoms with Crippen molar-refractivity contribution in [3.05, 3.63) is 94.0 Å². The largest absolute Gasteiger partial charge is 0.497 e. The van der Waals surface area contributed by atoms with Crippen molar-refractivity contribution < 1.29 is 19.2 Å². The van der Waals surface area contributed by atoms with Gasteiger partial charge in [0, 0.05) is 28.9 Å². The Kier molecular flexibility index (Phi) is 8.67. The van der Waals surface area contributed by atoms with Crippen LogP contribution in [-0.2, 0) is 4.79 Å². The van der Waals surface area contributed by atoms with Crippen LogP contribution in [0.15, 0.2) is 77.8 Å². The Balaban J connectivity index is 1.71. The Hall–Kier alpha value is -4.88. The Morgan fingerprint density at radius 3 is 2.12 bits per heavy atom. The average molecular weight is 555 g/mol. The zero-order chi connectivity index (χ0) is 28.8. The molecule has 0 aliphatic carbocycles. The third kappa shape index (κ3) is 6.22. The molecule has 0 saturated carbocycles. The van der Waals surface area contributed by atoms with Gasteiger partial charge in [0.25, 0.3) is 5.69 Å². The number of nitro benzene ring substituents is 1. The number of carbonyl (C=O) groups is 1. The van der Waals surface area contributed by atoms with Crippen molar-refractivity contribution in [3.63, 3.8) is 0 Å². The van der Waals surface area contributed by atoms with Crippen molar-refractivity contribution in [2.24, 2.45) is 0 Å². The number of nitrogens with zero attached hydrogens (tertiary/aromatic N) is 3. The molecule has 4 aromatic rings. The van der Waals surface area contributed by atoms with E-state index in [0.29, 0.717) is 44.6 Å². The molecule has 0 saturated heterocycles. The van der Waals surface area contributed by atoms with Gasteiger partial charge in [-0.2, -0.15) is 5.26 Å². The minimum absolute atomic E-state index is 0.0535. The van der Waals surface area contributed by atoms with Gasteiger partial charge >= 0.3 is 0 Å². The molecule has 0 spiro atoms. The highest BCUT2D eigenvalue weighted by atomic mass is 32.2. The fourth-order valence-electron chi connectivity index (χ4n) is 3.98. The highest BCUT2D eigenvalue weighted by molar-refractivity contribution is 8.00. The summed E-state index contributed by atoms with van der Waals surface area (Å²) in [7, 11) is 3.18. The van der Waals surface area contributed by atoms with E-state index >= 15 is 0 Å². The number of aryl methyl sites for hydroxylation is 1. The first-order valence-corrected chi connectivity index (χ1v) is 13.1. The van der Waals surface area contributed by atoms with Gasteiger partial charge in [0.2, 0.25) is 5.91 Å². The minimum atomic E-state index is -0.635. The number of pyridine rings is 1. The van der Waals surface area contributed by atoms with Crippen molar-refractivity contribution in [1.29, 1.82) is 5.26 Å². The van der Waals surface area contributed by atoms with Crippen molar-refractivity contribution in [3.8, 4) is 40.0 Å². The lowest BCUT2D eigenvalue weighted by Crippen LogP contribution is -2.23. The summed E-state index contributed by atoms with van der Waals surface area (Å²) in [6.07, 6.45) is 0. The number of hydrogen-bond acceptors (Lipinski definition) is 8. The second-order valence-corrected chi connectivity index (χ2v) is 10.1. The van der Waals surface area contributed by atoms with Crippen LogP contribution in [0.5, 0.6) is 11.5 Å². The van der Waals surface area contributed by atoms with Gasteiger partial charge in [0.15, 0.2) is 0 Å². The molecule has 1 aromatic heterocycles. The van der Waals surface area contributed by atoms with Crippen LogP contribution in [0.4, 0.5) is 11.4 Å². The number of benzene rings is 3. The summed E-state index contributed by atoms with van der Waals surface area (Å²) in [6, 6.07) is 23.2. The summed E-state index contributed by atoms with van der Waals surface area (Å²) < 4.78 is 10.6. The molecule has 0 fully saturated rings. The predicted octanol–water partition coefficient (Wildman–Crippen LogP) is 6.64. The summed E-state index contributed by atoms with van der Waals surface area (Å²) in [6.45, 7) is 3.41. The highest BCUT2D eigenvalue weighted by Gasteiger charge is 2.22. The minimum Gasteiger partial charge on any atom is -0.497 e. The van der Waals surface area contributed by atoms with Crippen molar-refractivity contribution >= 4 is 29.0 Å². The number of methoxy groups -OCH3 is 2. The number of carbonyl (C=O) groups excluding carboxylic acids is 1. The van der Waals surface area contributed by atoms with Gasteiger partial charge in [-0.05, 0) is 73.5 Å². The quantitative estimate of drug-likeness (QED) is 0.139. The maximum atomic E-state index is 13.1. The first-order valence-electron chi connectivity index (χ1n) is 12.2. The molecular formula is C30H26N4O5S. The van der Waals surface area contributed by atoms with E-state index in [9.17, 15) is 20.2 Å². The Morgan fingerprint density at radius 1 is 1.00 bits per heavy atom. The lowest BCUT2D eigenvalue weighted by Gasteiger charge is -2.16. The van der Waals surface area contributed by atoms with Gasteiger partial charge in [-0.1, -0.05) is 23.9 Å². The van der Waals surface area contributed by atoms with Gasteiger partial charge < -0.3 is 14.8 Å². The molecule has 4 rings (SSSR count). The second-order valence-electron chi connectivity index (χ2n) is 8.81. The maximum absolute atomic E-state index is 13.1. The summed E-state index contributed by atoms with van der Waals surface area (Å²) in [5, 5.41) is 23.8. The smallest absolute Gasteiger partial charge is 0.269 e. The zero-order valence-corrected chi connectivity index (χ0v) is 23.1. The van der Waals surface area contributed by atoms with Crippen LogP contribution < -0.4 is 14.8 Å². The number of nitro groups is 1. The van der Waals surface area contributed by atoms with E-state index in [-0.39, 0.29) is 11.6 Å². The standard InChI is InChI=1S/C30H26N4O5S/c1-18-15-22(34(36)37)9-14-27(18)32-29(35)19(2)40-30-26(17-31)25(20-5-10-23(38-3)11-6-20)16-28(33-30)21-7-12-24(39-4)13-8-21/h5-16,19H,1-4H3,(H,32,35). The molecule has 3 aromatic carbocycles. The van der Waals surface area contributed by atoms with E-state index < -0.39 is 10.2 Å². The summed E-state index contributed by atoms with van der Waals surface area (Å²) in [5.74, 6) is 1.07. The molecule has 10 heteroatoms. The van der Waals surface area contributed by atoms with Crippen LogP contribution in [-0.4, -0.2) is 35.3 Å². The van der Waals surface area contributed by atoms with Crippen LogP contribution >= 0.6 is 11.8 Å². The van der Waals surface area contributed by atoms with Crippen molar-refractivity contribution in [1.82, 2.24) is 4.98 Å². The van der Waals surface area contributed by atoms with Gasteiger partial charge in [0.05, 0.1) is 35.7 Å². The van der Waals surface area contributed by atoms with Gasteiger partial charge in [0.1, 0.15) is 22.6 Å². The van der Waals surface area contributed by atoms with Crippen LogP contribution in [0.3, 0.4) is 0 Å². The molecule has 1 unspecified atom stereocenters. The molecule has 1 heterocycles. The third-order valence-electron chi connectivity index (χ3n) is 6.22. The lowest BCUT2D eigenvalue weighted by atomic mass is 9.99. The molecular weight excluding hydrogens is 528 g/mol. The summed E-state index contributed by atoms with van der Waals surface area (Å²) in [5.41, 5.74) is 4.26. The number of amides is 1. The fraction of sp³-hybridized carbons (Fsp3) is 0.167. The number of aromatic nitrogens is 1. The number of anilines is 1.